The summed E-state index contributed by atoms with van der Waals surface area (Å²) in [4.78, 5) is 4.03. The number of hydrogen-bond acceptors (Lipinski definition) is 4. The van der Waals surface area contributed by atoms with Crippen LogP contribution in [0, 0.1) is 6.92 Å². The third-order valence-electron chi connectivity index (χ3n) is 4.56. The van der Waals surface area contributed by atoms with E-state index < -0.39 is 0 Å². The molecule has 118 valence electrons. The Labute approximate surface area is 133 Å². The quantitative estimate of drug-likeness (QED) is 0.688. The van der Waals surface area contributed by atoms with Crippen LogP contribution in [0.5, 0.6) is 0 Å². The first kappa shape index (κ1) is 16.8. The number of aryl methyl sites for hydroxylation is 1. The molecule has 22 heavy (non-hydrogen) atoms. The van der Waals surface area contributed by atoms with Crippen LogP contribution in [0.15, 0.2) is 29.4 Å². The standard InChI is InChI=1S/C17H25BN2O2/c1-12-9-13(14(10-19)11-20-6)7-8-15(12)18-21-16(2,3)17(4,5)22-18/h7-11H,19H2,1-6H3. The molecule has 5 heteroatoms. The molecule has 1 aromatic carbocycles. The van der Waals surface area contributed by atoms with Crippen molar-refractivity contribution in [2.24, 2.45) is 10.7 Å². The van der Waals surface area contributed by atoms with E-state index in [4.69, 9.17) is 15.0 Å². The highest BCUT2D eigenvalue weighted by molar-refractivity contribution is 6.62. The van der Waals surface area contributed by atoms with Gasteiger partial charge in [0.15, 0.2) is 0 Å². The Morgan fingerprint density at radius 3 is 2.23 bits per heavy atom. The van der Waals surface area contributed by atoms with Gasteiger partial charge >= 0.3 is 7.12 Å². The second kappa shape index (κ2) is 5.90. The number of aliphatic imine (C=N–C) groups is 1. The second-order valence-electron chi connectivity index (χ2n) is 6.67. The van der Waals surface area contributed by atoms with Gasteiger partial charge in [-0.2, -0.15) is 0 Å². The van der Waals surface area contributed by atoms with Gasteiger partial charge in [-0.25, -0.2) is 0 Å². The zero-order valence-electron chi connectivity index (χ0n) is 14.3. The summed E-state index contributed by atoms with van der Waals surface area (Å²) in [5.41, 5.74) is 9.09. The summed E-state index contributed by atoms with van der Waals surface area (Å²) in [6, 6.07) is 6.15. The number of rotatable bonds is 3. The van der Waals surface area contributed by atoms with Crippen molar-refractivity contribution in [1.82, 2.24) is 0 Å². The molecule has 0 spiro atoms. The number of allylic oxidation sites excluding steroid dienone is 1. The molecule has 0 radical (unpaired) electrons. The average molecular weight is 300 g/mol. The fourth-order valence-corrected chi connectivity index (χ4v) is 2.44. The van der Waals surface area contributed by atoms with E-state index in [1.165, 1.54) is 0 Å². The van der Waals surface area contributed by atoms with Crippen LogP contribution >= 0.6 is 0 Å². The van der Waals surface area contributed by atoms with E-state index in [9.17, 15) is 0 Å². The lowest BCUT2D eigenvalue weighted by molar-refractivity contribution is 0.00578. The Bertz CT molecular complexity index is 605. The van der Waals surface area contributed by atoms with Crippen molar-refractivity contribution in [3.8, 4) is 0 Å². The van der Waals surface area contributed by atoms with Gasteiger partial charge in [-0.15, -0.1) is 0 Å². The van der Waals surface area contributed by atoms with Crippen molar-refractivity contribution in [3.05, 3.63) is 35.5 Å². The van der Waals surface area contributed by atoms with Crippen LogP contribution < -0.4 is 11.2 Å². The second-order valence-corrected chi connectivity index (χ2v) is 6.67. The minimum atomic E-state index is -0.343. The van der Waals surface area contributed by atoms with Gasteiger partial charge in [0.1, 0.15) is 0 Å². The summed E-state index contributed by atoms with van der Waals surface area (Å²) in [5.74, 6) is 0. The van der Waals surface area contributed by atoms with E-state index in [2.05, 4.69) is 45.7 Å². The molecule has 0 aromatic heterocycles. The van der Waals surface area contributed by atoms with Gasteiger partial charge in [0, 0.05) is 25.0 Å². The summed E-state index contributed by atoms with van der Waals surface area (Å²) in [6.45, 7) is 10.3. The van der Waals surface area contributed by atoms with Crippen molar-refractivity contribution in [1.29, 1.82) is 0 Å². The van der Waals surface area contributed by atoms with Gasteiger partial charge < -0.3 is 15.0 Å². The lowest BCUT2D eigenvalue weighted by Gasteiger charge is -2.32. The monoisotopic (exact) mass is 300 g/mol. The van der Waals surface area contributed by atoms with E-state index >= 15 is 0 Å². The Morgan fingerprint density at radius 2 is 1.77 bits per heavy atom. The number of nitrogens with two attached hydrogens (primary N) is 1. The molecule has 0 bridgehead atoms. The predicted molar refractivity (Wildman–Crippen MR) is 93.5 cm³/mol. The molecule has 0 amide bonds. The minimum absolute atomic E-state index is 0.333. The van der Waals surface area contributed by atoms with E-state index in [1.807, 2.05) is 12.1 Å². The summed E-state index contributed by atoms with van der Waals surface area (Å²) in [7, 11) is 1.39. The molecule has 1 saturated heterocycles. The molecule has 1 aromatic rings. The fourth-order valence-electron chi connectivity index (χ4n) is 2.44. The molecule has 0 saturated carbocycles. The maximum Gasteiger partial charge on any atom is 0.495 e. The largest absolute Gasteiger partial charge is 0.495 e. The van der Waals surface area contributed by atoms with Gasteiger partial charge in [-0.1, -0.05) is 23.8 Å². The van der Waals surface area contributed by atoms with Crippen LogP contribution in [-0.2, 0) is 9.31 Å². The molecule has 1 aliphatic rings. The van der Waals surface area contributed by atoms with Crippen LogP contribution in [0.25, 0.3) is 5.57 Å². The topological polar surface area (TPSA) is 56.8 Å². The van der Waals surface area contributed by atoms with E-state index in [0.29, 0.717) is 0 Å². The Hall–Kier alpha value is -1.59. The fraction of sp³-hybridized carbons (Fsp3) is 0.471. The average Bonchev–Trinajstić information content (AvgIpc) is 2.64. The number of nitrogens with zero attached hydrogens (tertiary/aromatic N) is 1. The van der Waals surface area contributed by atoms with Crippen molar-refractivity contribution in [2.75, 3.05) is 7.05 Å². The van der Waals surface area contributed by atoms with Crippen LogP contribution in [-0.4, -0.2) is 31.6 Å². The summed E-state index contributed by atoms with van der Waals surface area (Å²) in [6.07, 6.45) is 3.32. The van der Waals surface area contributed by atoms with Gasteiger partial charge in [0.05, 0.1) is 11.2 Å². The van der Waals surface area contributed by atoms with Crippen molar-refractivity contribution in [2.45, 2.75) is 45.8 Å². The first-order valence-corrected chi connectivity index (χ1v) is 7.52. The zero-order chi connectivity index (χ0) is 16.5. The van der Waals surface area contributed by atoms with Gasteiger partial charge in [-0.05, 0) is 45.6 Å². The molecule has 4 nitrogen and oxygen atoms in total. The highest BCUT2D eigenvalue weighted by Crippen LogP contribution is 2.36. The first-order valence-electron chi connectivity index (χ1n) is 7.52. The molecule has 0 unspecified atom stereocenters. The molecule has 0 aliphatic carbocycles. The van der Waals surface area contributed by atoms with Crippen molar-refractivity contribution in [3.63, 3.8) is 0 Å². The third-order valence-corrected chi connectivity index (χ3v) is 4.56. The van der Waals surface area contributed by atoms with Gasteiger partial charge in [0.2, 0.25) is 0 Å². The molecule has 1 fully saturated rings. The molecule has 0 atom stereocenters. The Kier molecular flexibility index (Phi) is 4.50. The lowest BCUT2D eigenvalue weighted by Crippen LogP contribution is -2.41. The SMILES string of the molecule is CN=CC(=CN)c1ccc(B2OC(C)(C)C(C)(C)O2)c(C)c1. The normalized spacial score (nSPS) is 20.8. The highest BCUT2D eigenvalue weighted by atomic mass is 16.7. The third kappa shape index (κ3) is 2.96. The number of hydrogen-bond donors (Lipinski definition) is 1. The van der Waals surface area contributed by atoms with Crippen LogP contribution in [0.4, 0.5) is 0 Å². The molecule has 2 N–H and O–H groups in total. The molecule has 1 aliphatic heterocycles. The maximum atomic E-state index is 6.12. The van der Waals surface area contributed by atoms with Crippen molar-refractivity contribution < 1.29 is 9.31 Å². The summed E-state index contributed by atoms with van der Waals surface area (Å²) < 4.78 is 12.2. The minimum Gasteiger partial charge on any atom is -0.404 e. The molecule has 2 rings (SSSR count). The van der Waals surface area contributed by atoms with Crippen molar-refractivity contribution >= 4 is 24.4 Å². The van der Waals surface area contributed by atoms with Crippen LogP contribution in [0.2, 0.25) is 0 Å². The number of benzene rings is 1. The summed E-state index contributed by atoms with van der Waals surface area (Å²) in [5, 5.41) is 0. The van der Waals surface area contributed by atoms with Gasteiger partial charge in [-0.3, -0.25) is 4.99 Å². The predicted octanol–water partition coefficient (Wildman–Crippen LogP) is 2.29. The van der Waals surface area contributed by atoms with Crippen LogP contribution in [0.1, 0.15) is 38.8 Å². The zero-order valence-corrected chi connectivity index (χ0v) is 14.3. The lowest BCUT2D eigenvalue weighted by atomic mass is 9.75. The molecular weight excluding hydrogens is 275 g/mol. The van der Waals surface area contributed by atoms with Gasteiger partial charge in [0.25, 0.3) is 0 Å². The molecular formula is C17H25BN2O2. The summed E-state index contributed by atoms with van der Waals surface area (Å²) >= 11 is 0. The van der Waals surface area contributed by atoms with E-state index in [-0.39, 0.29) is 18.3 Å². The maximum absolute atomic E-state index is 6.12. The molecule has 1 heterocycles. The Balaban J connectivity index is 2.33. The van der Waals surface area contributed by atoms with E-state index in [1.54, 1.807) is 19.5 Å². The Morgan fingerprint density at radius 1 is 1.18 bits per heavy atom. The highest BCUT2D eigenvalue weighted by Gasteiger charge is 2.51. The van der Waals surface area contributed by atoms with E-state index in [0.717, 1.165) is 22.2 Å². The first-order chi connectivity index (χ1) is 10.2. The van der Waals surface area contributed by atoms with Crippen LogP contribution in [0.3, 0.4) is 0 Å². The smallest absolute Gasteiger partial charge is 0.404 e.